The number of ether oxygens (including phenoxy) is 3. The minimum absolute atomic E-state index is 0.0721. The van der Waals surface area contributed by atoms with Crippen molar-refractivity contribution in [2.75, 3.05) is 13.0 Å². The van der Waals surface area contributed by atoms with Crippen LogP contribution in [-0.4, -0.2) is 40.0 Å². The van der Waals surface area contributed by atoms with E-state index in [1.807, 2.05) is 32.0 Å². The Balaban J connectivity index is 1.75. The number of carbonyl (C=O) groups excluding carboxylic acids is 1. The summed E-state index contributed by atoms with van der Waals surface area (Å²) in [5.74, 6) is 2.83. The summed E-state index contributed by atoms with van der Waals surface area (Å²) in [5.41, 5.74) is 3.92. The lowest BCUT2D eigenvalue weighted by Gasteiger charge is -2.16. The molecule has 3 aromatic rings. The van der Waals surface area contributed by atoms with Gasteiger partial charge in [-0.2, -0.15) is 0 Å². The first kappa shape index (κ1) is 26.4. The van der Waals surface area contributed by atoms with E-state index in [0.29, 0.717) is 39.6 Å². The smallest absolute Gasteiger partial charge is 0.322 e. The van der Waals surface area contributed by atoms with Gasteiger partial charge in [0.2, 0.25) is 6.79 Å². The maximum Gasteiger partial charge on any atom is 0.322 e. The predicted molar refractivity (Wildman–Crippen MR) is 135 cm³/mol. The number of aromatic nitrogens is 1. The monoisotopic (exact) mass is 525 g/mol. The second kappa shape index (κ2) is 11.6. The molecule has 0 aliphatic carbocycles. The molecule has 1 aliphatic heterocycles. The van der Waals surface area contributed by atoms with Gasteiger partial charge in [0, 0.05) is 17.3 Å². The van der Waals surface area contributed by atoms with E-state index in [4.69, 9.17) is 24.1 Å². The number of halogens is 1. The average molecular weight is 525 g/mol. The molecule has 0 fully saturated rings. The van der Waals surface area contributed by atoms with E-state index < -0.39 is 32.7 Å². The Morgan fingerprint density at radius 3 is 2.54 bits per heavy atom. The van der Waals surface area contributed by atoms with E-state index in [-0.39, 0.29) is 18.5 Å². The van der Waals surface area contributed by atoms with Crippen LogP contribution >= 0.6 is 8.03 Å². The highest BCUT2D eigenvalue weighted by molar-refractivity contribution is 7.38. The van der Waals surface area contributed by atoms with Crippen LogP contribution < -0.4 is 9.47 Å². The summed E-state index contributed by atoms with van der Waals surface area (Å²) in [6.07, 6.45) is 0.218. The zero-order valence-corrected chi connectivity index (χ0v) is 21.2. The van der Waals surface area contributed by atoms with Crippen LogP contribution in [0.5, 0.6) is 11.5 Å². The van der Waals surface area contributed by atoms with E-state index >= 15 is 0 Å². The molecule has 1 aromatic heterocycles. The number of hydrogen-bond acceptors (Lipinski definition) is 7. The molecule has 8 nitrogen and oxygen atoms in total. The van der Waals surface area contributed by atoms with Crippen molar-refractivity contribution >= 4 is 14.0 Å². The topological polar surface area (TPSA) is 115 Å². The molecule has 2 N–H and O–H groups in total. The van der Waals surface area contributed by atoms with Crippen molar-refractivity contribution in [1.82, 2.24) is 4.98 Å². The lowest BCUT2D eigenvalue weighted by atomic mass is 9.93. The molecule has 2 heterocycles. The Morgan fingerprint density at radius 2 is 1.84 bits per heavy atom. The van der Waals surface area contributed by atoms with Gasteiger partial charge in [-0.3, -0.25) is 14.3 Å². The number of rotatable bonds is 7. The highest BCUT2D eigenvalue weighted by Crippen LogP contribution is 2.38. The maximum atomic E-state index is 13.7. The molecule has 0 bridgehead atoms. The second-order valence-electron chi connectivity index (χ2n) is 8.70. The Morgan fingerprint density at radius 1 is 1.14 bits per heavy atom. The third-order valence-corrected chi connectivity index (χ3v) is 6.39. The van der Waals surface area contributed by atoms with E-state index in [1.54, 1.807) is 18.2 Å². The van der Waals surface area contributed by atoms with E-state index in [2.05, 4.69) is 12.0 Å². The van der Waals surface area contributed by atoms with Gasteiger partial charge in [-0.1, -0.05) is 26.0 Å². The molecule has 0 saturated heterocycles. The lowest BCUT2D eigenvalue weighted by molar-refractivity contribution is -0.138. The third-order valence-electron chi connectivity index (χ3n) is 5.57. The van der Waals surface area contributed by atoms with Crippen LogP contribution in [0.4, 0.5) is 4.39 Å². The fourth-order valence-corrected chi connectivity index (χ4v) is 4.36. The number of aliphatic hydroxyl groups excluding tert-OH is 1. The van der Waals surface area contributed by atoms with Crippen molar-refractivity contribution in [3.8, 4) is 45.9 Å². The van der Waals surface area contributed by atoms with Gasteiger partial charge in [-0.25, -0.2) is 4.39 Å². The van der Waals surface area contributed by atoms with Gasteiger partial charge < -0.3 is 24.2 Å². The van der Waals surface area contributed by atoms with Gasteiger partial charge in [0.15, 0.2) is 19.5 Å². The van der Waals surface area contributed by atoms with Crippen LogP contribution in [0, 0.1) is 17.8 Å². The molecule has 0 radical (unpaired) electrons. The van der Waals surface area contributed by atoms with Gasteiger partial charge in [-0.05, 0) is 53.8 Å². The van der Waals surface area contributed by atoms with Crippen molar-refractivity contribution in [1.29, 1.82) is 0 Å². The molecule has 4 rings (SSSR count). The molecule has 37 heavy (non-hydrogen) atoms. The third kappa shape index (κ3) is 6.55. The highest BCUT2D eigenvalue weighted by Gasteiger charge is 2.20. The van der Waals surface area contributed by atoms with E-state index in [0.717, 1.165) is 5.56 Å². The Hall–Kier alpha value is -3.70. The first-order chi connectivity index (χ1) is 17.7. The fraction of sp³-hybridized carbons (Fsp3) is 0.259. The van der Waals surface area contributed by atoms with Gasteiger partial charge in [-0.15, -0.1) is 0 Å². The van der Waals surface area contributed by atoms with Crippen molar-refractivity contribution in [2.45, 2.75) is 32.3 Å². The van der Waals surface area contributed by atoms with Crippen LogP contribution in [0.15, 0.2) is 48.5 Å². The molecule has 10 heteroatoms. The van der Waals surface area contributed by atoms with Crippen molar-refractivity contribution in [3.05, 3.63) is 65.6 Å². The summed E-state index contributed by atoms with van der Waals surface area (Å²) in [5, 5.41) is 9.69. The minimum atomic E-state index is -2.92. The Labute approximate surface area is 213 Å². The van der Waals surface area contributed by atoms with Crippen molar-refractivity contribution < 1.29 is 38.0 Å². The molecule has 0 spiro atoms. The first-order valence-electron chi connectivity index (χ1n) is 11.5. The Bertz CT molecular complexity index is 1400. The molecule has 1 aliphatic rings. The number of pyridine rings is 1. The van der Waals surface area contributed by atoms with E-state index in [1.165, 1.54) is 12.1 Å². The van der Waals surface area contributed by atoms with E-state index in [9.17, 15) is 18.9 Å². The molecular weight excluding hydrogens is 500 g/mol. The normalized spacial score (nSPS) is 13.6. The molecule has 0 amide bonds. The van der Waals surface area contributed by atoms with Gasteiger partial charge in [0.1, 0.15) is 11.9 Å². The second-order valence-corrected chi connectivity index (χ2v) is 9.90. The zero-order chi connectivity index (χ0) is 26.5. The van der Waals surface area contributed by atoms with Gasteiger partial charge in [0.05, 0.1) is 29.5 Å². The standard InChI is InChI=1S/C27H25FNO7P/c1-16(2)27-21(9-10-34-26(31)12-20(30)14-37(32)33)22(17-3-6-19(28)7-4-17)13-23(29-27)18-5-8-24-25(11-18)36-15-35-24/h3-8,11,13,16,20,30,37H,12,14-15H2,1-2H3,(H,32,33). The lowest BCUT2D eigenvalue weighted by Crippen LogP contribution is -2.16. The summed E-state index contributed by atoms with van der Waals surface area (Å²) in [7, 11) is -2.92. The summed E-state index contributed by atoms with van der Waals surface area (Å²) in [6.45, 7) is 4.04. The number of hydrogen-bond donors (Lipinski definition) is 2. The molecule has 0 saturated carbocycles. The fourth-order valence-electron chi connectivity index (χ4n) is 3.82. The number of aliphatic hydroxyl groups is 1. The van der Waals surface area contributed by atoms with Crippen LogP contribution in [0.3, 0.4) is 0 Å². The zero-order valence-electron chi connectivity index (χ0n) is 20.2. The van der Waals surface area contributed by atoms with Crippen LogP contribution in [0.25, 0.3) is 22.4 Å². The molecule has 2 atom stereocenters. The molecule has 2 aromatic carbocycles. The molecule has 2 unspecified atom stereocenters. The first-order valence-corrected chi connectivity index (χ1v) is 13.1. The highest BCUT2D eigenvalue weighted by atomic mass is 31.1. The SMILES string of the molecule is CC(C)c1nc(-c2ccc3c(c2)OCO3)cc(-c2ccc(F)cc2)c1C#COC(=O)CC(O)C[PH](=O)O. The van der Waals surface area contributed by atoms with Gasteiger partial charge in [0.25, 0.3) is 0 Å². The molecular formula is C27H25FNO7P. The number of fused-ring (bicyclic) bond motifs is 1. The number of benzene rings is 2. The van der Waals surface area contributed by atoms with Crippen LogP contribution in [0.2, 0.25) is 0 Å². The largest absolute Gasteiger partial charge is 0.454 e. The maximum absolute atomic E-state index is 13.7. The van der Waals surface area contributed by atoms with Crippen LogP contribution in [0.1, 0.15) is 37.4 Å². The minimum Gasteiger partial charge on any atom is -0.454 e. The van der Waals surface area contributed by atoms with Gasteiger partial charge >= 0.3 is 5.97 Å². The summed E-state index contributed by atoms with van der Waals surface area (Å²) >= 11 is 0. The summed E-state index contributed by atoms with van der Waals surface area (Å²) < 4.78 is 40.4. The molecule has 192 valence electrons. The Kier molecular flexibility index (Phi) is 8.24. The average Bonchev–Trinajstić information content (AvgIpc) is 3.32. The summed E-state index contributed by atoms with van der Waals surface area (Å²) in [6, 6.07) is 13.3. The van der Waals surface area contributed by atoms with Crippen molar-refractivity contribution in [3.63, 3.8) is 0 Å². The number of esters is 1. The predicted octanol–water partition coefficient (Wildman–Crippen LogP) is 4.48. The van der Waals surface area contributed by atoms with Crippen LogP contribution in [-0.2, 0) is 14.1 Å². The van der Waals surface area contributed by atoms with Crippen molar-refractivity contribution in [2.24, 2.45) is 0 Å². The summed E-state index contributed by atoms with van der Waals surface area (Å²) in [4.78, 5) is 25.8. The number of nitrogens with zero attached hydrogens (tertiary/aromatic N) is 1. The number of carbonyl (C=O) groups is 1. The quantitative estimate of drug-likeness (QED) is 0.264.